The van der Waals surface area contributed by atoms with E-state index in [1.807, 2.05) is 17.0 Å². The molecule has 1 fully saturated rings. The van der Waals surface area contributed by atoms with Gasteiger partial charge in [0.1, 0.15) is 11.8 Å². The van der Waals surface area contributed by atoms with E-state index in [0.29, 0.717) is 67.1 Å². The fraction of sp³-hybridized carbons (Fsp3) is 0.583. The lowest BCUT2D eigenvalue weighted by Gasteiger charge is -2.38. The van der Waals surface area contributed by atoms with E-state index in [1.165, 1.54) is 14.0 Å². The fourth-order valence-corrected chi connectivity index (χ4v) is 4.68. The van der Waals surface area contributed by atoms with Crippen LogP contribution in [-0.4, -0.2) is 56.4 Å². The normalized spacial score (nSPS) is 22.4. The minimum Gasteiger partial charge on any atom is -0.493 e. The molecule has 0 amide bonds. The molecule has 0 radical (unpaired) electrons. The highest BCUT2D eigenvalue weighted by Gasteiger charge is 2.42. The number of piperidine rings is 1. The Balaban J connectivity index is 1.64. The number of ketones is 1. The molecule has 0 spiro atoms. The molecule has 2 unspecified atom stereocenters. The van der Waals surface area contributed by atoms with Crippen LogP contribution in [0.5, 0.6) is 11.5 Å². The number of carbonyl (C=O) groups excluding carboxylic acids is 1. The Morgan fingerprint density at radius 1 is 1.29 bits per heavy atom. The van der Waals surface area contributed by atoms with Gasteiger partial charge in [0.05, 0.1) is 20.3 Å². The highest BCUT2D eigenvalue weighted by Crippen LogP contribution is 2.42. The standard InChI is InChI=1S/C24H30F2N2O3/c1-15(13-27)20(16(2)25)14-28-7-5-24(26,6-8-28)12-18-9-17-10-21(30-3)22(31-4)11-19(17)23(18)29/h10-11,16,18H,5-9,12,14H2,1-4H3. The number of hydrogen-bond acceptors (Lipinski definition) is 5. The maximum absolute atomic E-state index is 15.6. The molecule has 7 heteroatoms. The van der Waals surface area contributed by atoms with E-state index in [9.17, 15) is 9.18 Å². The number of nitriles is 1. The number of nitrogens with zero attached hydrogens (tertiary/aromatic N) is 2. The van der Waals surface area contributed by atoms with E-state index in [4.69, 9.17) is 14.7 Å². The molecule has 1 aliphatic heterocycles. The monoisotopic (exact) mass is 432 g/mol. The predicted octanol–water partition coefficient (Wildman–Crippen LogP) is 4.45. The summed E-state index contributed by atoms with van der Waals surface area (Å²) in [5.74, 6) is 0.621. The molecule has 0 saturated carbocycles. The summed E-state index contributed by atoms with van der Waals surface area (Å²) in [5, 5.41) is 9.09. The average molecular weight is 433 g/mol. The van der Waals surface area contributed by atoms with Gasteiger partial charge in [0.15, 0.2) is 17.3 Å². The van der Waals surface area contributed by atoms with Crippen molar-refractivity contribution in [2.45, 2.75) is 51.4 Å². The number of fused-ring (bicyclic) bond motifs is 1. The molecule has 0 aromatic heterocycles. The maximum atomic E-state index is 15.6. The lowest BCUT2D eigenvalue weighted by molar-refractivity contribution is 0.0380. The number of hydrogen-bond donors (Lipinski definition) is 0. The first-order valence-electron chi connectivity index (χ1n) is 10.7. The van der Waals surface area contributed by atoms with Crippen LogP contribution in [0.15, 0.2) is 23.3 Å². The molecule has 2 aliphatic rings. The molecule has 1 aliphatic carbocycles. The molecule has 168 valence electrons. The zero-order chi connectivity index (χ0) is 22.8. The van der Waals surface area contributed by atoms with Crippen LogP contribution in [0.25, 0.3) is 0 Å². The quantitative estimate of drug-likeness (QED) is 0.596. The zero-order valence-electron chi connectivity index (χ0n) is 18.6. The van der Waals surface area contributed by atoms with E-state index in [2.05, 4.69) is 0 Å². The van der Waals surface area contributed by atoms with Crippen molar-refractivity contribution in [2.75, 3.05) is 33.9 Å². The highest BCUT2D eigenvalue weighted by molar-refractivity contribution is 6.03. The average Bonchev–Trinajstić information content (AvgIpc) is 3.05. The molecule has 1 aromatic rings. The van der Waals surface area contributed by atoms with Crippen LogP contribution in [0, 0.1) is 17.2 Å². The third-order valence-corrected chi connectivity index (χ3v) is 6.60. The van der Waals surface area contributed by atoms with Gasteiger partial charge >= 0.3 is 0 Å². The number of allylic oxidation sites excluding steroid dienone is 1. The van der Waals surface area contributed by atoms with Crippen molar-refractivity contribution < 1.29 is 23.0 Å². The summed E-state index contributed by atoms with van der Waals surface area (Å²) in [6.07, 6.45) is 0.0505. The van der Waals surface area contributed by atoms with E-state index >= 15 is 4.39 Å². The maximum Gasteiger partial charge on any atom is 0.166 e. The van der Waals surface area contributed by atoms with Crippen molar-refractivity contribution in [3.05, 3.63) is 34.4 Å². The number of rotatable bonds is 7. The molecule has 1 heterocycles. The van der Waals surface area contributed by atoms with Crippen LogP contribution in [-0.2, 0) is 6.42 Å². The van der Waals surface area contributed by atoms with Crippen LogP contribution in [0.4, 0.5) is 8.78 Å². The van der Waals surface area contributed by atoms with E-state index < -0.39 is 17.8 Å². The third-order valence-electron chi connectivity index (χ3n) is 6.60. The Labute approximate surface area is 182 Å². The first-order valence-corrected chi connectivity index (χ1v) is 10.7. The van der Waals surface area contributed by atoms with Crippen molar-refractivity contribution in [1.82, 2.24) is 4.90 Å². The largest absolute Gasteiger partial charge is 0.493 e. The number of alkyl halides is 2. The number of ether oxygens (including phenoxy) is 2. The Morgan fingerprint density at radius 2 is 1.90 bits per heavy atom. The molecule has 5 nitrogen and oxygen atoms in total. The summed E-state index contributed by atoms with van der Waals surface area (Å²) in [7, 11) is 3.07. The lowest BCUT2D eigenvalue weighted by Crippen LogP contribution is -2.44. The van der Waals surface area contributed by atoms with Crippen LogP contribution in [0.2, 0.25) is 0 Å². The Hall–Kier alpha value is -2.46. The number of likely N-dealkylation sites (tertiary alicyclic amines) is 1. The summed E-state index contributed by atoms with van der Waals surface area (Å²) in [4.78, 5) is 14.9. The summed E-state index contributed by atoms with van der Waals surface area (Å²) >= 11 is 0. The second kappa shape index (κ2) is 9.35. The molecular formula is C24H30F2N2O3. The molecule has 31 heavy (non-hydrogen) atoms. The molecule has 0 bridgehead atoms. The SMILES string of the molecule is COc1cc2c(cc1OC)C(=O)C(CC1(F)CCN(CC(=C(C)C#N)C(C)F)CC1)C2. The van der Waals surface area contributed by atoms with Gasteiger partial charge in [0, 0.05) is 36.7 Å². The summed E-state index contributed by atoms with van der Waals surface area (Å²) in [6.45, 7) is 4.32. The van der Waals surface area contributed by atoms with Crippen LogP contribution < -0.4 is 9.47 Å². The topological polar surface area (TPSA) is 62.6 Å². The van der Waals surface area contributed by atoms with Crippen molar-refractivity contribution in [2.24, 2.45) is 5.92 Å². The van der Waals surface area contributed by atoms with E-state index in [1.54, 1.807) is 20.1 Å². The van der Waals surface area contributed by atoms with Gasteiger partial charge in [0.25, 0.3) is 0 Å². The van der Waals surface area contributed by atoms with Gasteiger partial charge in [-0.2, -0.15) is 5.26 Å². The minimum atomic E-state index is -1.43. The number of halogens is 2. The first-order chi connectivity index (χ1) is 14.7. The molecule has 0 N–H and O–H groups in total. The van der Waals surface area contributed by atoms with Crippen LogP contribution in [0.1, 0.15) is 49.0 Å². The van der Waals surface area contributed by atoms with Crippen LogP contribution in [0.3, 0.4) is 0 Å². The van der Waals surface area contributed by atoms with Gasteiger partial charge < -0.3 is 9.47 Å². The second-order valence-electron chi connectivity index (χ2n) is 8.64. The lowest BCUT2D eigenvalue weighted by atomic mass is 9.82. The van der Waals surface area contributed by atoms with Gasteiger partial charge in [-0.3, -0.25) is 9.69 Å². The van der Waals surface area contributed by atoms with Gasteiger partial charge in [-0.15, -0.1) is 0 Å². The molecule has 1 aromatic carbocycles. The summed E-state index contributed by atoms with van der Waals surface area (Å²) < 4.78 is 40.1. The van der Waals surface area contributed by atoms with Crippen molar-refractivity contribution in [3.63, 3.8) is 0 Å². The van der Waals surface area contributed by atoms with Crippen molar-refractivity contribution in [1.29, 1.82) is 5.26 Å². The summed E-state index contributed by atoms with van der Waals surface area (Å²) in [5.41, 5.74) is 0.864. The molecule has 2 atom stereocenters. The van der Waals surface area contributed by atoms with Gasteiger partial charge in [-0.1, -0.05) is 0 Å². The third kappa shape index (κ3) is 4.90. The fourth-order valence-electron chi connectivity index (χ4n) is 4.68. The first kappa shape index (κ1) is 23.2. The predicted molar refractivity (Wildman–Crippen MR) is 114 cm³/mol. The van der Waals surface area contributed by atoms with Gasteiger partial charge in [0.2, 0.25) is 0 Å². The highest BCUT2D eigenvalue weighted by atomic mass is 19.1. The van der Waals surface area contributed by atoms with E-state index in [0.717, 1.165) is 5.56 Å². The van der Waals surface area contributed by atoms with Crippen molar-refractivity contribution >= 4 is 5.78 Å². The number of Topliss-reactive ketones (excluding diaryl/α,β-unsaturated/α-hetero) is 1. The number of methoxy groups -OCH3 is 2. The second-order valence-corrected chi connectivity index (χ2v) is 8.64. The summed E-state index contributed by atoms with van der Waals surface area (Å²) in [6, 6.07) is 5.51. The zero-order valence-corrected chi connectivity index (χ0v) is 18.6. The number of carbonyl (C=O) groups is 1. The van der Waals surface area contributed by atoms with Gasteiger partial charge in [-0.05, 0) is 62.8 Å². The molecular weight excluding hydrogens is 402 g/mol. The molecule has 1 saturated heterocycles. The molecule has 3 rings (SSSR count). The Morgan fingerprint density at radius 3 is 2.45 bits per heavy atom. The number of benzene rings is 1. The van der Waals surface area contributed by atoms with E-state index in [-0.39, 0.29) is 12.2 Å². The van der Waals surface area contributed by atoms with Gasteiger partial charge in [-0.25, -0.2) is 8.78 Å². The minimum absolute atomic E-state index is 0.0449. The Bertz CT molecular complexity index is 912. The Kier molecular flexibility index (Phi) is 7.00. The van der Waals surface area contributed by atoms with Crippen molar-refractivity contribution in [3.8, 4) is 17.6 Å². The van der Waals surface area contributed by atoms with Crippen LogP contribution >= 0.6 is 0 Å². The smallest absolute Gasteiger partial charge is 0.166 e.